The summed E-state index contributed by atoms with van der Waals surface area (Å²) in [6.45, 7) is 6.09. The molecule has 0 atom stereocenters. The summed E-state index contributed by atoms with van der Waals surface area (Å²) >= 11 is 0. The lowest BCUT2D eigenvalue weighted by atomic mass is 9.92. The molecule has 0 aromatic carbocycles. The molecule has 0 fully saturated rings. The van der Waals surface area contributed by atoms with Crippen molar-refractivity contribution in [1.82, 2.24) is 0 Å². The molecule has 0 aromatic rings. The van der Waals surface area contributed by atoms with E-state index in [-0.39, 0.29) is 29.7 Å². The minimum atomic E-state index is -0.396. The molecule has 0 heterocycles. The summed E-state index contributed by atoms with van der Waals surface area (Å²) in [6.07, 6.45) is 18.4. The van der Waals surface area contributed by atoms with E-state index in [0.29, 0.717) is 72.1 Å². The van der Waals surface area contributed by atoms with E-state index in [2.05, 4.69) is 24.7 Å². The molecule has 0 saturated carbocycles. The molecule has 0 N–H and O–H groups in total. The van der Waals surface area contributed by atoms with Gasteiger partial charge in [0.15, 0.2) is 0 Å². The van der Waals surface area contributed by atoms with Crippen LogP contribution in [0.25, 0.3) is 0 Å². The first-order chi connectivity index (χ1) is 11.7. The maximum Gasteiger partial charge on any atom is 0.0637 e. The van der Waals surface area contributed by atoms with Gasteiger partial charge < -0.3 is 18.9 Å². The van der Waals surface area contributed by atoms with Crippen molar-refractivity contribution >= 4 is 0 Å². The molecule has 0 radical (unpaired) electrons. The fraction of sp³-hybridized carbons (Fsp3) is 0.750. The average Bonchev–Trinajstić information content (AvgIpc) is 2.60. The predicted molar refractivity (Wildman–Crippen MR) is 123 cm³/mol. The van der Waals surface area contributed by atoms with Gasteiger partial charge in [-0.25, -0.2) is 0 Å². The van der Waals surface area contributed by atoms with Gasteiger partial charge in [-0.1, -0.05) is 36.6 Å². The Balaban J connectivity index is -0.000000441. The quantitative estimate of drug-likeness (QED) is 0.269. The van der Waals surface area contributed by atoms with E-state index in [0.717, 1.165) is 6.42 Å². The van der Waals surface area contributed by atoms with E-state index in [1.807, 2.05) is 0 Å². The Hall–Kier alpha value is -1.48. The Morgan fingerprint density at radius 3 is 1.11 bits per heavy atom. The van der Waals surface area contributed by atoms with E-state index >= 15 is 0 Å². The van der Waals surface area contributed by atoms with Gasteiger partial charge in [0.2, 0.25) is 0 Å². The van der Waals surface area contributed by atoms with Crippen LogP contribution in [0.1, 0.15) is 62.3 Å². The van der Waals surface area contributed by atoms with Gasteiger partial charge in [-0.2, -0.15) is 0 Å². The number of terminal acetylenes is 3. The Kier molecular flexibility index (Phi) is 36.9. The van der Waals surface area contributed by atoms with Gasteiger partial charge in [0.1, 0.15) is 0 Å². The molecule has 0 bridgehead atoms. The lowest BCUT2D eigenvalue weighted by Gasteiger charge is -2.33. The average molecular weight is 399 g/mol. The summed E-state index contributed by atoms with van der Waals surface area (Å²) in [5, 5.41) is 0. The molecule has 0 rings (SSSR count). The second kappa shape index (κ2) is 27.7. The standard InChI is InChI=1S/C20H30O4.4CH4/c1-5-9-13-22-17-20(16-21-12-8-4,18-23-14-10-6-2)19-24-15-11-7-3;;;;/h1-3H,8-19H2,4H3;4*1H4. The molecule has 0 unspecified atom stereocenters. The highest BCUT2D eigenvalue weighted by Crippen LogP contribution is 2.21. The Morgan fingerprint density at radius 1 is 0.571 bits per heavy atom. The molecule has 28 heavy (non-hydrogen) atoms. The van der Waals surface area contributed by atoms with Crippen LogP contribution in [-0.4, -0.2) is 52.9 Å². The van der Waals surface area contributed by atoms with Gasteiger partial charge in [0.25, 0.3) is 0 Å². The van der Waals surface area contributed by atoms with Gasteiger partial charge in [0, 0.05) is 25.9 Å². The SMILES string of the molecule is C.C.C.C.C#CCCOCC(COCCC)(COCCC#C)COCCC#C. The first-order valence-corrected chi connectivity index (χ1v) is 8.36. The summed E-state index contributed by atoms with van der Waals surface area (Å²) in [5.74, 6) is 7.69. The molecule has 4 nitrogen and oxygen atoms in total. The van der Waals surface area contributed by atoms with Crippen LogP contribution in [0.15, 0.2) is 0 Å². The summed E-state index contributed by atoms with van der Waals surface area (Å²) in [5.41, 5.74) is -0.396. The van der Waals surface area contributed by atoms with Crippen LogP contribution in [0.4, 0.5) is 0 Å². The molecule has 166 valence electrons. The van der Waals surface area contributed by atoms with Crippen molar-refractivity contribution in [2.24, 2.45) is 5.41 Å². The van der Waals surface area contributed by atoms with Crippen molar-refractivity contribution in [2.45, 2.75) is 62.3 Å². The first-order valence-electron chi connectivity index (χ1n) is 8.36. The maximum atomic E-state index is 5.76. The molecule has 0 amide bonds. The van der Waals surface area contributed by atoms with Crippen molar-refractivity contribution < 1.29 is 18.9 Å². The summed E-state index contributed by atoms with van der Waals surface area (Å²) in [4.78, 5) is 0. The minimum Gasteiger partial charge on any atom is -0.381 e. The number of rotatable bonds is 16. The van der Waals surface area contributed by atoms with Crippen LogP contribution in [0, 0.1) is 42.4 Å². The molecule has 0 aliphatic rings. The Bertz CT molecular complexity index is 357. The first kappa shape index (κ1) is 37.3. The van der Waals surface area contributed by atoms with Gasteiger partial charge in [0.05, 0.1) is 51.7 Å². The van der Waals surface area contributed by atoms with E-state index in [1.54, 1.807) is 0 Å². The number of ether oxygens (including phenoxy) is 4. The zero-order chi connectivity index (χ0) is 17.9. The van der Waals surface area contributed by atoms with E-state index in [4.69, 9.17) is 38.2 Å². The largest absolute Gasteiger partial charge is 0.381 e. The topological polar surface area (TPSA) is 36.9 Å². The van der Waals surface area contributed by atoms with Crippen molar-refractivity contribution in [3.8, 4) is 37.0 Å². The maximum absolute atomic E-state index is 5.76. The molecule has 0 aromatic heterocycles. The smallest absolute Gasteiger partial charge is 0.0637 e. The monoisotopic (exact) mass is 398 g/mol. The van der Waals surface area contributed by atoms with Crippen LogP contribution in [0.3, 0.4) is 0 Å². The van der Waals surface area contributed by atoms with Gasteiger partial charge >= 0.3 is 0 Å². The lowest BCUT2D eigenvalue weighted by molar-refractivity contribution is -0.105. The summed E-state index contributed by atoms with van der Waals surface area (Å²) in [7, 11) is 0. The molecule has 0 spiro atoms. The third-order valence-corrected chi connectivity index (χ3v) is 3.15. The number of hydrogen-bond donors (Lipinski definition) is 0. The van der Waals surface area contributed by atoms with Crippen LogP contribution in [-0.2, 0) is 18.9 Å². The van der Waals surface area contributed by atoms with Crippen LogP contribution in [0.5, 0.6) is 0 Å². The predicted octanol–water partition coefficient (Wildman–Crippen LogP) is 5.06. The normalized spacial score (nSPS) is 9.21. The second-order valence-corrected chi connectivity index (χ2v) is 5.57. The molecule has 0 aliphatic carbocycles. The third kappa shape index (κ3) is 20.8. The van der Waals surface area contributed by atoms with Gasteiger partial charge in [-0.05, 0) is 6.42 Å². The molecular formula is C24H46O4. The Labute approximate surface area is 177 Å². The van der Waals surface area contributed by atoms with Crippen LogP contribution >= 0.6 is 0 Å². The zero-order valence-electron chi connectivity index (χ0n) is 14.9. The van der Waals surface area contributed by atoms with Crippen molar-refractivity contribution in [3.63, 3.8) is 0 Å². The van der Waals surface area contributed by atoms with E-state index < -0.39 is 5.41 Å². The fourth-order valence-corrected chi connectivity index (χ4v) is 1.94. The third-order valence-electron chi connectivity index (χ3n) is 3.15. The zero-order valence-corrected chi connectivity index (χ0v) is 14.9. The lowest BCUT2D eigenvalue weighted by Crippen LogP contribution is -2.42. The highest BCUT2D eigenvalue weighted by molar-refractivity contribution is 4.86. The highest BCUT2D eigenvalue weighted by Gasteiger charge is 2.32. The van der Waals surface area contributed by atoms with Crippen LogP contribution < -0.4 is 0 Å². The van der Waals surface area contributed by atoms with E-state index in [1.165, 1.54) is 0 Å². The van der Waals surface area contributed by atoms with E-state index in [9.17, 15) is 0 Å². The second-order valence-electron chi connectivity index (χ2n) is 5.57. The van der Waals surface area contributed by atoms with Crippen molar-refractivity contribution in [1.29, 1.82) is 0 Å². The summed E-state index contributed by atoms with van der Waals surface area (Å²) < 4.78 is 22.9. The minimum absolute atomic E-state index is 0. The van der Waals surface area contributed by atoms with Crippen molar-refractivity contribution in [2.75, 3.05) is 52.9 Å². The van der Waals surface area contributed by atoms with Gasteiger partial charge in [-0.15, -0.1) is 37.0 Å². The molecular weight excluding hydrogens is 352 g/mol. The van der Waals surface area contributed by atoms with Crippen molar-refractivity contribution in [3.05, 3.63) is 0 Å². The summed E-state index contributed by atoms with van der Waals surface area (Å²) in [6, 6.07) is 0. The Morgan fingerprint density at radius 2 is 0.857 bits per heavy atom. The molecule has 0 saturated heterocycles. The molecule has 0 aliphatic heterocycles. The van der Waals surface area contributed by atoms with Gasteiger partial charge in [-0.3, -0.25) is 0 Å². The fourth-order valence-electron chi connectivity index (χ4n) is 1.94. The van der Waals surface area contributed by atoms with Crippen LogP contribution in [0.2, 0.25) is 0 Å². The number of hydrogen-bond acceptors (Lipinski definition) is 4. The molecule has 4 heteroatoms. The highest BCUT2D eigenvalue weighted by atomic mass is 16.5.